The van der Waals surface area contributed by atoms with Crippen LogP contribution in [0.3, 0.4) is 0 Å². The maximum Gasteiger partial charge on any atom is 0.416 e. The molecule has 2 aromatic rings. The fourth-order valence-electron chi connectivity index (χ4n) is 3.13. The van der Waals surface area contributed by atoms with Gasteiger partial charge < -0.3 is 5.32 Å². The van der Waals surface area contributed by atoms with E-state index in [0.29, 0.717) is 0 Å². The SMILES string of the molecule is O=C(Nc1cc(C(F)(F)F)ccc1Cl)C1CCN(S(=O)(=O)c2ccccc2)CC1. The second kappa shape index (κ2) is 8.33. The van der Waals surface area contributed by atoms with Crippen molar-refractivity contribution >= 4 is 33.2 Å². The van der Waals surface area contributed by atoms with Gasteiger partial charge in [0, 0.05) is 19.0 Å². The predicted molar refractivity (Wildman–Crippen MR) is 103 cm³/mol. The lowest BCUT2D eigenvalue weighted by Crippen LogP contribution is -2.41. The van der Waals surface area contributed by atoms with Gasteiger partial charge in [-0.1, -0.05) is 29.8 Å². The molecule has 0 unspecified atom stereocenters. The van der Waals surface area contributed by atoms with Crippen molar-refractivity contribution in [3.8, 4) is 0 Å². The van der Waals surface area contributed by atoms with Crippen molar-refractivity contribution in [1.82, 2.24) is 4.31 Å². The van der Waals surface area contributed by atoms with Gasteiger partial charge in [0.25, 0.3) is 0 Å². The largest absolute Gasteiger partial charge is 0.416 e. The molecule has 0 atom stereocenters. The topological polar surface area (TPSA) is 66.5 Å². The molecule has 0 aromatic heterocycles. The first kappa shape index (κ1) is 21.6. The summed E-state index contributed by atoms with van der Waals surface area (Å²) in [4.78, 5) is 12.7. The number of rotatable bonds is 4. The van der Waals surface area contributed by atoms with Crippen molar-refractivity contribution in [3.05, 3.63) is 59.1 Å². The van der Waals surface area contributed by atoms with Crippen LogP contribution >= 0.6 is 11.6 Å². The maximum atomic E-state index is 12.9. The quantitative estimate of drug-likeness (QED) is 0.757. The van der Waals surface area contributed by atoms with Gasteiger partial charge >= 0.3 is 6.18 Å². The Morgan fingerprint density at radius 1 is 1.07 bits per heavy atom. The standard InChI is InChI=1S/C19H18ClF3N2O3S/c20-16-7-6-14(19(21,22)23)12-17(16)24-18(26)13-8-10-25(11-9-13)29(27,28)15-4-2-1-3-5-15/h1-7,12-13H,8-11H2,(H,24,26). The first-order chi connectivity index (χ1) is 13.6. The number of carbonyl (C=O) groups excluding carboxylic acids is 1. The molecule has 2 aromatic carbocycles. The zero-order valence-corrected chi connectivity index (χ0v) is 16.7. The number of nitrogens with one attached hydrogen (secondary N) is 1. The van der Waals surface area contributed by atoms with Crippen molar-refractivity contribution in [2.24, 2.45) is 5.92 Å². The monoisotopic (exact) mass is 446 g/mol. The van der Waals surface area contributed by atoms with Gasteiger partial charge in [-0.2, -0.15) is 17.5 Å². The molecule has 3 rings (SSSR count). The van der Waals surface area contributed by atoms with Gasteiger partial charge in [-0.3, -0.25) is 4.79 Å². The van der Waals surface area contributed by atoms with E-state index < -0.39 is 33.6 Å². The number of anilines is 1. The van der Waals surface area contributed by atoms with E-state index >= 15 is 0 Å². The van der Waals surface area contributed by atoms with E-state index in [4.69, 9.17) is 11.6 Å². The third-order valence-electron chi connectivity index (χ3n) is 4.76. The number of amides is 1. The third kappa shape index (κ3) is 4.91. The van der Waals surface area contributed by atoms with Crippen LogP contribution in [0.1, 0.15) is 18.4 Å². The molecule has 0 aliphatic carbocycles. The number of hydrogen-bond acceptors (Lipinski definition) is 3. The highest BCUT2D eigenvalue weighted by molar-refractivity contribution is 7.89. The molecule has 5 nitrogen and oxygen atoms in total. The van der Waals surface area contributed by atoms with Gasteiger partial charge in [-0.15, -0.1) is 0 Å². The fourth-order valence-corrected chi connectivity index (χ4v) is 4.79. The molecule has 1 amide bonds. The van der Waals surface area contributed by atoms with Crippen LogP contribution in [-0.2, 0) is 21.0 Å². The first-order valence-corrected chi connectivity index (χ1v) is 10.6. The van der Waals surface area contributed by atoms with Gasteiger partial charge in [0.15, 0.2) is 0 Å². The van der Waals surface area contributed by atoms with E-state index in [9.17, 15) is 26.4 Å². The summed E-state index contributed by atoms with van der Waals surface area (Å²) >= 11 is 5.91. The molecule has 0 bridgehead atoms. The summed E-state index contributed by atoms with van der Waals surface area (Å²) in [7, 11) is -3.64. The van der Waals surface area contributed by atoms with Crippen molar-refractivity contribution in [1.29, 1.82) is 0 Å². The number of nitrogens with zero attached hydrogens (tertiary/aromatic N) is 1. The number of carbonyl (C=O) groups is 1. The minimum atomic E-state index is -4.55. The Kier molecular flexibility index (Phi) is 6.21. The number of alkyl halides is 3. The number of piperidine rings is 1. The Morgan fingerprint density at radius 2 is 1.69 bits per heavy atom. The summed E-state index contributed by atoms with van der Waals surface area (Å²) in [5.41, 5.74) is -1.04. The van der Waals surface area contributed by atoms with Crippen LogP contribution in [0.5, 0.6) is 0 Å². The van der Waals surface area contributed by atoms with Crippen LogP contribution in [0.2, 0.25) is 5.02 Å². The molecular weight excluding hydrogens is 429 g/mol. The van der Waals surface area contributed by atoms with Gasteiger partial charge in [0.1, 0.15) is 0 Å². The van der Waals surface area contributed by atoms with Gasteiger partial charge in [-0.05, 0) is 43.2 Å². The Labute approximate surface area is 171 Å². The molecule has 0 radical (unpaired) electrons. The molecule has 156 valence electrons. The van der Waals surface area contributed by atoms with Crippen molar-refractivity contribution in [2.75, 3.05) is 18.4 Å². The van der Waals surface area contributed by atoms with Crippen molar-refractivity contribution < 1.29 is 26.4 Å². The average molecular weight is 447 g/mol. The Morgan fingerprint density at radius 3 is 2.28 bits per heavy atom. The number of sulfonamides is 1. The molecule has 1 N–H and O–H groups in total. The van der Waals surface area contributed by atoms with Crippen LogP contribution in [0.4, 0.5) is 18.9 Å². The van der Waals surface area contributed by atoms with Crippen molar-refractivity contribution in [3.63, 3.8) is 0 Å². The molecule has 0 saturated carbocycles. The summed E-state index contributed by atoms with van der Waals surface area (Å²) in [6.45, 7) is 0.289. The molecular formula is C19H18ClF3N2O3S. The normalized spacial score (nSPS) is 16.6. The Balaban J connectivity index is 1.65. The zero-order valence-electron chi connectivity index (χ0n) is 15.1. The number of hydrogen-bond donors (Lipinski definition) is 1. The molecule has 1 aliphatic rings. The van der Waals surface area contributed by atoms with Crippen LogP contribution in [0.15, 0.2) is 53.4 Å². The van der Waals surface area contributed by atoms with Gasteiger partial charge in [0.05, 0.1) is 21.2 Å². The summed E-state index contributed by atoms with van der Waals surface area (Å²) < 4.78 is 65.2. The Hall–Kier alpha value is -2.10. The van der Waals surface area contributed by atoms with Gasteiger partial charge in [-0.25, -0.2) is 8.42 Å². The predicted octanol–water partition coefficient (Wildman–Crippen LogP) is 4.40. The second-order valence-electron chi connectivity index (χ2n) is 6.67. The summed E-state index contributed by atoms with van der Waals surface area (Å²) in [5.74, 6) is -1.01. The minimum Gasteiger partial charge on any atom is -0.325 e. The van der Waals surface area contributed by atoms with E-state index in [1.807, 2.05) is 0 Å². The molecule has 1 heterocycles. The lowest BCUT2D eigenvalue weighted by molar-refractivity contribution is -0.137. The molecule has 1 saturated heterocycles. The number of halogens is 4. The molecule has 1 aliphatic heterocycles. The third-order valence-corrected chi connectivity index (χ3v) is 7.00. The average Bonchev–Trinajstić information content (AvgIpc) is 2.69. The van der Waals surface area contributed by atoms with Crippen LogP contribution < -0.4 is 5.32 Å². The minimum absolute atomic E-state index is 0.00422. The lowest BCUT2D eigenvalue weighted by Gasteiger charge is -2.30. The van der Waals surface area contributed by atoms with Crippen LogP contribution in [0.25, 0.3) is 0 Å². The summed E-state index contributed by atoms with van der Waals surface area (Å²) in [6.07, 6.45) is -4.04. The fraction of sp³-hybridized carbons (Fsp3) is 0.316. The highest BCUT2D eigenvalue weighted by Crippen LogP contribution is 2.34. The molecule has 29 heavy (non-hydrogen) atoms. The van der Waals surface area contributed by atoms with Gasteiger partial charge in [0.2, 0.25) is 15.9 Å². The molecule has 1 fully saturated rings. The second-order valence-corrected chi connectivity index (χ2v) is 9.02. The maximum absolute atomic E-state index is 12.9. The van der Waals surface area contributed by atoms with Crippen molar-refractivity contribution in [2.45, 2.75) is 23.9 Å². The Bertz CT molecular complexity index is 990. The van der Waals surface area contributed by atoms with Crippen LogP contribution in [0, 0.1) is 5.92 Å². The zero-order chi connectivity index (χ0) is 21.2. The van der Waals surface area contributed by atoms with E-state index in [1.54, 1.807) is 18.2 Å². The summed E-state index contributed by atoms with van der Waals surface area (Å²) in [5, 5.41) is 2.43. The first-order valence-electron chi connectivity index (χ1n) is 8.82. The van der Waals surface area contributed by atoms with E-state index in [-0.39, 0.29) is 41.5 Å². The lowest BCUT2D eigenvalue weighted by atomic mass is 9.97. The smallest absolute Gasteiger partial charge is 0.325 e. The number of benzene rings is 2. The van der Waals surface area contributed by atoms with E-state index in [1.165, 1.54) is 16.4 Å². The molecule has 0 spiro atoms. The summed E-state index contributed by atoms with van der Waals surface area (Å²) in [6, 6.07) is 10.7. The van der Waals surface area contributed by atoms with Crippen LogP contribution in [-0.4, -0.2) is 31.7 Å². The van der Waals surface area contributed by atoms with E-state index in [2.05, 4.69) is 5.32 Å². The van der Waals surface area contributed by atoms with E-state index in [0.717, 1.165) is 18.2 Å². The highest BCUT2D eigenvalue weighted by atomic mass is 35.5. The highest BCUT2D eigenvalue weighted by Gasteiger charge is 2.33. The molecule has 10 heteroatoms.